The number of nitrogens with zero attached hydrogens (tertiary/aromatic N) is 1. The Balaban J connectivity index is 2.03. The second-order valence-corrected chi connectivity index (χ2v) is 7.94. The summed E-state index contributed by atoms with van der Waals surface area (Å²) in [5.74, 6) is -2.27. The molecule has 1 N–H and O–H groups in total. The summed E-state index contributed by atoms with van der Waals surface area (Å²) in [6.45, 7) is 3.59. The first kappa shape index (κ1) is 21.1. The highest BCUT2D eigenvalue weighted by Gasteiger charge is 2.33. The normalized spacial score (nSPS) is 16.7. The summed E-state index contributed by atoms with van der Waals surface area (Å²) >= 11 is 6.33. The molecule has 0 radical (unpaired) electrons. The summed E-state index contributed by atoms with van der Waals surface area (Å²) in [7, 11) is 0. The summed E-state index contributed by atoms with van der Waals surface area (Å²) in [6.07, 6.45) is 3.47. The molecule has 1 saturated heterocycles. The number of rotatable bonds is 8. The van der Waals surface area contributed by atoms with Crippen molar-refractivity contribution in [2.75, 3.05) is 6.54 Å². The van der Waals surface area contributed by atoms with Gasteiger partial charge in [0.1, 0.15) is 10.9 Å². The van der Waals surface area contributed by atoms with Crippen LogP contribution in [-0.4, -0.2) is 39.6 Å². The van der Waals surface area contributed by atoms with Crippen LogP contribution in [0.25, 0.3) is 6.08 Å². The number of aryl methyl sites for hydroxylation is 1. The number of hydrogen-bond acceptors (Lipinski definition) is 6. The van der Waals surface area contributed by atoms with Gasteiger partial charge in [-0.2, -0.15) is 0 Å². The third kappa shape index (κ3) is 5.90. The maximum Gasteiger partial charge on any atom is 0.266 e. The number of benzene rings is 1. The first-order valence-corrected chi connectivity index (χ1v) is 9.86. The Labute approximate surface area is 168 Å². The van der Waals surface area contributed by atoms with Crippen molar-refractivity contribution in [3.63, 3.8) is 0 Å². The van der Waals surface area contributed by atoms with Gasteiger partial charge in [0.15, 0.2) is 0 Å². The molecule has 1 atom stereocenters. The van der Waals surface area contributed by atoms with Gasteiger partial charge in [-0.05, 0) is 25.0 Å². The summed E-state index contributed by atoms with van der Waals surface area (Å²) in [6, 6.07) is 6.60. The number of carbonyl (C=O) groups is 3. The van der Waals surface area contributed by atoms with Crippen LogP contribution in [0.3, 0.4) is 0 Å². The Morgan fingerprint density at radius 1 is 1.33 bits per heavy atom. The molecule has 0 aliphatic carbocycles. The number of thioether (sulfide) groups is 1. The molecule has 1 aromatic rings. The zero-order valence-corrected chi connectivity index (χ0v) is 16.8. The summed E-state index contributed by atoms with van der Waals surface area (Å²) in [5.41, 5.74) is 1.98. The average molecular weight is 406 g/mol. The lowest BCUT2D eigenvalue weighted by Crippen LogP contribution is -2.50. The van der Waals surface area contributed by atoms with E-state index in [-0.39, 0.29) is 23.2 Å². The molecule has 2 amide bonds. The minimum absolute atomic E-state index is 0.270. The number of carboxylic acids is 1. The van der Waals surface area contributed by atoms with E-state index in [1.54, 1.807) is 6.08 Å². The Kier molecular flexibility index (Phi) is 7.55. The van der Waals surface area contributed by atoms with Crippen molar-refractivity contribution in [2.24, 2.45) is 0 Å². The maximum absolute atomic E-state index is 12.6. The highest BCUT2D eigenvalue weighted by molar-refractivity contribution is 8.26. The molecule has 1 aliphatic heterocycles. The van der Waals surface area contributed by atoms with Crippen molar-refractivity contribution in [1.82, 2.24) is 10.2 Å². The lowest BCUT2D eigenvalue weighted by molar-refractivity contribution is -0.308. The molecule has 1 aliphatic rings. The van der Waals surface area contributed by atoms with Crippen molar-refractivity contribution in [3.8, 4) is 0 Å². The molecule has 8 heteroatoms. The van der Waals surface area contributed by atoms with E-state index in [4.69, 9.17) is 12.2 Å². The predicted octanol–water partition coefficient (Wildman–Crippen LogP) is 1.62. The highest BCUT2D eigenvalue weighted by atomic mass is 32.2. The lowest BCUT2D eigenvalue weighted by Gasteiger charge is -2.21. The van der Waals surface area contributed by atoms with Crippen molar-refractivity contribution in [1.29, 1.82) is 0 Å². The van der Waals surface area contributed by atoms with E-state index >= 15 is 0 Å². The first-order valence-electron chi connectivity index (χ1n) is 8.64. The first-order chi connectivity index (χ1) is 12.8. The Morgan fingerprint density at radius 2 is 2.00 bits per heavy atom. The monoisotopic (exact) mass is 405 g/mol. The van der Waals surface area contributed by atoms with Crippen molar-refractivity contribution in [3.05, 3.63) is 40.3 Å². The molecule has 1 aromatic carbocycles. The van der Waals surface area contributed by atoms with Crippen LogP contribution in [0, 0.1) is 6.92 Å². The second-order valence-electron chi connectivity index (χ2n) is 6.26. The summed E-state index contributed by atoms with van der Waals surface area (Å²) in [5, 5.41) is 13.5. The van der Waals surface area contributed by atoms with Crippen LogP contribution < -0.4 is 10.4 Å². The summed E-state index contributed by atoms with van der Waals surface area (Å²) in [4.78, 5) is 37.5. The minimum Gasteiger partial charge on any atom is -0.548 e. The third-order valence-electron chi connectivity index (χ3n) is 4.02. The number of aliphatic carboxylic acids is 1. The molecule has 2 rings (SSSR count). The van der Waals surface area contributed by atoms with Crippen molar-refractivity contribution < 1.29 is 19.5 Å². The van der Waals surface area contributed by atoms with E-state index in [1.807, 2.05) is 38.1 Å². The van der Waals surface area contributed by atoms with Gasteiger partial charge in [-0.25, -0.2) is 0 Å². The van der Waals surface area contributed by atoms with Gasteiger partial charge in [0.05, 0.1) is 16.9 Å². The second kappa shape index (κ2) is 9.66. The van der Waals surface area contributed by atoms with Gasteiger partial charge >= 0.3 is 0 Å². The number of amides is 2. The summed E-state index contributed by atoms with van der Waals surface area (Å²) < 4.78 is 0.270. The van der Waals surface area contributed by atoms with E-state index in [2.05, 4.69) is 5.32 Å². The van der Waals surface area contributed by atoms with Crippen molar-refractivity contribution >= 4 is 52.2 Å². The molecule has 1 fully saturated rings. The number of carboxylic acid groups (broad SMARTS) is 1. The Morgan fingerprint density at radius 3 is 2.59 bits per heavy atom. The lowest BCUT2D eigenvalue weighted by atomic mass is 10.1. The van der Waals surface area contributed by atoms with E-state index in [0.717, 1.165) is 29.3 Å². The number of carbonyl (C=O) groups excluding carboxylic acids is 3. The maximum atomic E-state index is 12.6. The van der Waals surface area contributed by atoms with Crippen LogP contribution >= 0.6 is 24.0 Å². The van der Waals surface area contributed by atoms with Crippen molar-refractivity contribution in [2.45, 2.75) is 39.2 Å². The Hall–Kier alpha value is -2.19. The molecular formula is C19H21N2O4S2-. The van der Waals surface area contributed by atoms with Gasteiger partial charge in [-0.15, -0.1) is 0 Å². The van der Waals surface area contributed by atoms with E-state index < -0.39 is 17.9 Å². The van der Waals surface area contributed by atoms with E-state index in [9.17, 15) is 19.5 Å². The van der Waals surface area contributed by atoms with Gasteiger partial charge in [0.2, 0.25) is 5.91 Å². The van der Waals surface area contributed by atoms with Crippen LogP contribution in [0.15, 0.2) is 29.2 Å². The average Bonchev–Trinajstić information content (AvgIpc) is 2.87. The number of thiocarbonyl (C=S) groups is 1. The predicted molar refractivity (Wildman–Crippen MR) is 108 cm³/mol. The molecule has 0 spiro atoms. The SMILES string of the molecule is CCCC[C@@H](NC(=O)CN1C(=O)/C(=C\c2ccc(C)cc2)SC1=S)C(=O)[O-]. The van der Waals surface area contributed by atoms with Crippen LogP contribution in [0.4, 0.5) is 0 Å². The van der Waals surface area contributed by atoms with Gasteiger partial charge in [-0.1, -0.05) is 73.6 Å². The minimum atomic E-state index is -1.33. The largest absolute Gasteiger partial charge is 0.548 e. The number of hydrogen-bond donors (Lipinski definition) is 1. The smallest absolute Gasteiger partial charge is 0.266 e. The topological polar surface area (TPSA) is 89.5 Å². The fraction of sp³-hybridized carbons (Fsp3) is 0.368. The number of unbranched alkanes of at least 4 members (excludes halogenated alkanes) is 1. The molecule has 0 bridgehead atoms. The highest BCUT2D eigenvalue weighted by Crippen LogP contribution is 2.32. The number of nitrogens with one attached hydrogen (secondary N) is 1. The van der Waals surface area contributed by atoms with E-state index in [1.165, 1.54) is 4.90 Å². The molecule has 6 nitrogen and oxygen atoms in total. The quantitative estimate of drug-likeness (QED) is 0.522. The molecule has 0 aromatic heterocycles. The van der Waals surface area contributed by atoms with Gasteiger partial charge in [0.25, 0.3) is 5.91 Å². The van der Waals surface area contributed by atoms with Crippen LogP contribution in [-0.2, 0) is 14.4 Å². The third-order valence-corrected chi connectivity index (χ3v) is 5.39. The Bertz CT molecular complexity index is 774. The van der Waals surface area contributed by atoms with Crippen LogP contribution in [0.1, 0.15) is 37.3 Å². The van der Waals surface area contributed by atoms with Gasteiger partial charge in [-0.3, -0.25) is 14.5 Å². The molecule has 0 saturated carbocycles. The van der Waals surface area contributed by atoms with E-state index in [0.29, 0.717) is 11.3 Å². The van der Waals surface area contributed by atoms with Crippen LogP contribution in [0.5, 0.6) is 0 Å². The molecular weight excluding hydrogens is 384 g/mol. The van der Waals surface area contributed by atoms with Gasteiger partial charge in [0, 0.05) is 0 Å². The molecule has 144 valence electrons. The van der Waals surface area contributed by atoms with Gasteiger partial charge < -0.3 is 15.2 Å². The molecule has 0 unspecified atom stereocenters. The van der Waals surface area contributed by atoms with Crippen LogP contribution in [0.2, 0.25) is 0 Å². The standard InChI is InChI=1S/C19H22N2O4S2/c1-3-4-5-14(18(24)25)20-16(22)11-21-17(23)15(27-19(21)26)10-13-8-6-12(2)7-9-13/h6-10,14H,3-5,11H2,1-2H3,(H,20,22)(H,24,25)/p-1/b15-10+/t14-/m1/s1. The fourth-order valence-electron chi connectivity index (χ4n) is 2.49. The zero-order valence-electron chi connectivity index (χ0n) is 15.2. The molecule has 27 heavy (non-hydrogen) atoms. The zero-order chi connectivity index (χ0) is 20.0. The fourth-order valence-corrected chi connectivity index (χ4v) is 3.75. The molecule has 1 heterocycles.